The van der Waals surface area contributed by atoms with Crippen molar-refractivity contribution in [3.05, 3.63) is 27.6 Å². The van der Waals surface area contributed by atoms with E-state index in [2.05, 4.69) is 27.6 Å². The van der Waals surface area contributed by atoms with Gasteiger partial charge >= 0.3 is 0 Å². The highest BCUT2D eigenvalue weighted by atomic mass is 127. The van der Waals surface area contributed by atoms with Gasteiger partial charge in [-0.3, -0.25) is 0 Å². The Balaban J connectivity index is 2.25. The number of alkyl halides is 1. The molecule has 108 valence electrons. The molecular formula is C13H14ClIN2O2S. The van der Waals surface area contributed by atoms with Gasteiger partial charge in [0.25, 0.3) is 0 Å². The molecule has 3 rings (SSSR count). The molecule has 0 spiro atoms. The van der Waals surface area contributed by atoms with E-state index in [1.54, 1.807) is 0 Å². The molecule has 7 heteroatoms. The van der Waals surface area contributed by atoms with E-state index in [0.717, 1.165) is 20.4 Å². The summed E-state index contributed by atoms with van der Waals surface area (Å²) in [6, 6.07) is 6.00. The Morgan fingerprint density at radius 3 is 2.85 bits per heavy atom. The number of hydrogen-bond acceptors (Lipinski definition) is 3. The van der Waals surface area contributed by atoms with Crippen LogP contribution in [0.4, 0.5) is 0 Å². The third-order valence-electron chi connectivity index (χ3n) is 3.83. The first-order valence-electron chi connectivity index (χ1n) is 6.28. The van der Waals surface area contributed by atoms with Gasteiger partial charge in [-0.05, 0) is 54.1 Å². The molecule has 1 aromatic carbocycles. The van der Waals surface area contributed by atoms with Gasteiger partial charge in [-0.2, -0.15) is 0 Å². The standard InChI is InChI=1S/C13H14ClIN2O2S/c1-13(4-5-20(18,19)8-13)17-11-3-2-9(15)6-10(11)16-12(17)7-14/h2-3,6H,4-5,7-8H2,1H3. The van der Waals surface area contributed by atoms with Crippen LogP contribution in [0.3, 0.4) is 0 Å². The van der Waals surface area contributed by atoms with Crippen LogP contribution < -0.4 is 0 Å². The number of sulfone groups is 1. The van der Waals surface area contributed by atoms with Gasteiger partial charge in [-0.1, -0.05) is 0 Å². The van der Waals surface area contributed by atoms with Crippen LogP contribution in [-0.4, -0.2) is 29.5 Å². The second kappa shape index (κ2) is 4.84. The van der Waals surface area contributed by atoms with Crippen LogP contribution in [0.5, 0.6) is 0 Å². The summed E-state index contributed by atoms with van der Waals surface area (Å²) in [4.78, 5) is 4.56. The lowest BCUT2D eigenvalue weighted by molar-refractivity contribution is 0.367. The highest BCUT2D eigenvalue weighted by Gasteiger charge is 2.41. The van der Waals surface area contributed by atoms with Crippen molar-refractivity contribution in [2.24, 2.45) is 0 Å². The zero-order valence-electron chi connectivity index (χ0n) is 10.9. The highest BCUT2D eigenvalue weighted by molar-refractivity contribution is 14.1. The fraction of sp³-hybridized carbons (Fsp3) is 0.462. The summed E-state index contributed by atoms with van der Waals surface area (Å²) in [5, 5.41) is 0. The minimum Gasteiger partial charge on any atom is -0.320 e. The molecule has 0 aliphatic carbocycles. The van der Waals surface area contributed by atoms with Crippen molar-refractivity contribution in [3.8, 4) is 0 Å². The minimum atomic E-state index is -2.97. The maximum Gasteiger partial charge on any atom is 0.152 e. The zero-order valence-corrected chi connectivity index (χ0v) is 14.7. The molecule has 0 radical (unpaired) electrons. The topological polar surface area (TPSA) is 52.0 Å². The van der Waals surface area contributed by atoms with Crippen molar-refractivity contribution >= 4 is 55.1 Å². The molecule has 4 nitrogen and oxygen atoms in total. The monoisotopic (exact) mass is 424 g/mol. The number of halogens is 2. The Morgan fingerprint density at radius 1 is 1.50 bits per heavy atom. The second-order valence-corrected chi connectivity index (χ2v) is 9.17. The summed E-state index contributed by atoms with van der Waals surface area (Å²) in [5.74, 6) is 1.40. The molecule has 1 saturated heterocycles. The molecule has 1 unspecified atom stereocenters. The summed E-state index contributed by atoms with van der Waals surface area (Å²) >= 11 is 8.26. The smallest absolute Gasteiger partial charge is 0.152 e. The van der Waals surface area contributed by atoms with Crippen molar-refractivity contribution in [2.75, 3.05) is 11.5 Å². The maximum absolute atomic E-state index is 11.9. The summed E-state index contributed by atoms with van der Waals surface area (Å²) in [6.07, 6.45) is 0.608. The number of fused-ring (bicyclic) bond motifs is 1. The van der Waals surface area contributed by atoms with Crippen molar-refractivity contribution < 1.29 is 8.42 Å². The molecule has 2 heterocycles. The molecule has 0 saturated carbocycles. The lowest BCUT2D eigenvalue weighted by Gasteiger charge is -2.27. The van der Waals surface area contributed by atoms with Crippen LogP contribution in [-0.2, 0) is 21.3 Å². The highest BCUT2D eigenvalue weighted by Crippen LogP contribution is 2.35. The Labute approximate surface area is 136 Å². The molecule has 0 amide bonds. The van der Waals surface area contributed by atoms with Crippen molar-refractivity contribution in [3.63, 3.8) is 0 Å². The summed E-state index contributed by atoms with van der Waals surface area (Å²) in [6.45, 7) is 1.98. The van der Waals surface area contributed by atoms with Crippen LogP contribution >= 0.6 is 34.2 Å². The number of rotatable bonds is 2. The van der Waals surface area contributed by atoms with Crippen molar-refractivity contribution in [1.29, 1.82) is 0 Å². The number of nitrogens with zero attached hydrogens (tertiary/aromatic N) is 2. The molecule has 1 atom stereocenters. The molecule has 20 heavy (non-hydrogen) atoms. The Morgan fingerprint density at radius 2 is 2.25 bits per heavy atom. The fourth-order valence-corrected chi connectivity index (χ4v) is 5.74. The number of hydrogen-bond donors (Lipinski definition) is 0. The van der Waals surface area contributed by atoms with E-state index in [1.807, 2.05) is 29.7 Å². The van der Waals surface area contributed by atoms with Crippen LogP contribution in [0.2, 0.25) is 0 Å². The summed E-state index contributed by atoms with van der Waals surface area (Å²) in [7, 11) is -2.97. The van der Waals surface area contributed by atoms with Crippen molar-refractivity contribution in [2.45, 2.75) is 24.8 Å². The second-order valence-electron chi connectivity index (χ2n) is 5.47. The normalized spacial score (nSPS) is 25.4. The fourth-order valence-electron chi connectivity index (χ4n) is 2.97. The molecule has 0 N–H and O–H groups in total. The maximum atomic E-state index is 11.9. The Bertz CT molecular complexity index is 787. The van der Waals surface area contributed by atoms with Gasteiger partial charge < -0.3 is 4.57 Å². The largest absolute Gasteiger partial charge is 0.320 e. The van der Waals surface area contributed by atoms with Crippen LogP contribution in [0.25, 0.3) is 11.0 Å². The quantitative estimate of drug-likeness (QED) is 0.550. The molecule has 1 aliphatic rings. The van der Waals surface area contributed by atoms with E-state index in [1.165, 1.54) is 0 Å². The predicted molar refractivity (Wildman–Crippen MR) is 88.9 cm³/mol. The Hall–Kier alpha value is -0.340. The number of benzene rings is 1. The lowest BCUT2D eigenvalue weighted by atomic mass is 10.0. The van der Waals surface area contributed by atoms with E-state index in [-0.39, 0.29) is 17.4 Å². The molecular weight excluding hydrogens is 411 g/mol. The molecule has 1 aromatic heterocycles. The Kier molecular flexibility index (Phi) is 3.53. The minimum absolute atomic E-state index is 0.154. The van der Waals surface area contributed by atoms with Gasteiger partial charge in [0, 0.05) is 3.57 Å². The van der Waals surface area contributed by atoms with Gasteiger partial charge in [0.2, 0.25) is 0 Å². The average molecular weight is 425 g/mol. The van der Waals surface area contributed by atoms with E-state index >= 15 is 0 Å². The van der Waals surface area contributed by atoms with Gasteiger partial charge in [-0.15, -0.1) is 11.6 Å². The third kappa shape index (κ3) is 2.35. The third-order valence-corrected chi connectivity index (χ3v) is 6.63. The molecule has 2 aromatic rings. The van der Waals surface area contributed by atoms with E-state index < -0.39 is 15.4 Å². The van der Waals surface area contributed by atoms with Crippen LogP contribution in [0, 0.1) is 3.57 Å². The van der Waals surface area contributed by atoms with Gasteiger partial charge in [-0.25, -0.2) is 13.4 Å². The predicted octanol–water partition coefficient (Wildman–Crippen LogP) is 2.91. The van der Waals surface area contributed by atoms with E-state index in [4.69, 9.17) is 11.6 Å². The van der Waals surface area contributed by atoms with E-state index in [0.29, 0.717) is 6.42 Å². The molecule has 0 bridgehead atoms. The SMILES string of the molecule is CC1(n2c(CCl)nc3cc(I)ccc32)CCS(=O)(=O)C1. The van der Waals surface area contributed by atoms with Crippen molar-refractivity contribution in [1.82, 2.24) is 9.55 Å². The first kappa shape index (κ1) is 14.6. The van der Waals surface area contributed by atoms with Gasteiger partial charge in [0.15, 0.2) is 9.84 Å². The average Bonchev–Trinajstić information content (AvgIpc) is 2.86. The first-order chi connectivity index (χ1) is 9.35. The molecule has 1 fully saturated rings. The van der Waals surface area contributed by atoms with Crippen LogP contribution in [0.15, 0.2) is 18.2 Å². The zero-order chi connectivity index (χ0) is 14.5. The first-order valence-corrected chi connectivity index (χ1v) is 9.72. The number of aromatic nitrogens is 2. The van der Waals surface area contributed by atoms with Crippen LogP contribution in [0.1, 0.15) is 19.2 Å². The van der Waals surface area contributed by atoms with E-state index in [9.17, 15) is 8.42 Å². The number of imidazole rings is 1. The summed E-state index contributed by atoms with van der Waals surface area (Å²) in [5.41, 5.74) is 1.38. The summed E-state index contributed by atoms with van der Waals surface area (Å²) < 4.78 is 26.9. The van der Waals surface area contributed by atoms with Gasteiger partial charge in [0.05, 0.1) is 34.0 Å². The lowest BCUT2D eigenvalue weighted by Crippen LogP contribution is -2.32. The van der Waals surface area contributed by atoms with Gasteiger partial charge in [0.1, 0.15) is 5.82 Å². The molecule has 1 aliphatic heterocycles.